The molecule has 0 spiro atoms. The monoisotopic (exact) mass is 488 g/mol. The van der Waals surface area contributed by atoms with Gasteiger partial charge < -0.3 is 14.2 Å². The van der Waals surface area contributed by atoms with Crippen molar-refractivity contribution in [2.24, 2.45) is 0 Å². The second-order valence-electron chi connectivity index (χ2n) is 7.37. The van der Waals surface area contributed by atoms with Gasteiger partial charge in [0.25, 0.3) is 11.8 Å². The van der Waals surface area contributed by atoms with Crippen LogP contribution in [-0.4, -0.2) is 37.3 Å². The normalized spacial score (nSPS) is 14.3. The molecule has 7 nitrogen and oxygen atoms in total. The minimum absolute atomic E-state index is 0.0319. The Bertz CT molecular complexity index is 1080. The zero-order chi connectivity index (χ0) is 24.0. The summed E-state index contributed by atoms with van der Waals surface area (Å²) < 4.78 is 17.2. The number of carbonyl (C=O) groups is 2. The fraction of sp³-hybridized carbons (Fsp3) is 0.292. The third-order valence-electron chi connectivity index (χ3n) is 5.16. The van der Waals surface area contributed by atoms with Crippen LogP contribution in [0.5, 0.6) is 17.2 Å². The van der Waals surface area contributed by atoms with Gasteiger partial charge in [0.2, 0.25) is 0 Å². The van der Waals surface area contributed by atoms with E-state index in [1.54, 1.807) is 12.1 Å². The van der Waals surface area contributed by atoms with Crippen molar-refractivity contribution in [1.29, 1.82) is 0 Å². The molecule has 2 amide bonds. The molecule has 174 valence electrons. The lowest BCUT2D eigenvalue weighted by Crippen LogP contribution is -2.51. The van der Waals surface area contributed by atoms with E-state index >= 15 is 0 Å². The maximum atomic E-state index is 12.1. The first-order valence-electron chi connectivity index (χ1n) is 10.4. The molecule has 0 bridgehead atoms. The number of carbonyl (C=O) groups excluding carboxylic acids is 2. The van der Waals surface area contributed by atoms with Gasteiger partial charge in [-0.25, -0.2) is 0 Å². The Labute approximate surface area is 203 Å². The quantitative estimate of drug-likeness (QED) is 0.238. The van der Waals surface area contributed by atoms with E-state index in [1.807, 2.05) is 18.2 Å². The number of hydrogen-bond donors (Lipinski definition) is 2. The lowest BCUT2D eigenvalue weighted by molar-refractivity contribution is -0.123. The Balaban J connectivity index is 1.70. The summed E-state index contributed by atoms with van der Waals surface area (Å²) in [5.41, 5.74) is 1.56. The standard InChI is InChI=1S/C24H25ClN2O5S/c1-4-14(2)16-7-5-6-8-19(16)31-9-10-32-21-18(25)12-15(13-20(21)30-3)11-17-22(28)26-24(33)27-23(17)29/h5-8,11-14H,4,9-10H2,1-3H3,(H2,26,27,28,29,33)/t14-/m0/s1. The van der Waals surface area contributed by atoms with Gasteiger partial charge >= 0.3 is 0 Å². The predicted molar refractivity (Wildman–Crippen MR) is 131 cm³/mol. The van der Waals surface area contributed by atoms with Crippen LogP contribution in [0.1, 0.15) is 37.3 Å². The molecule has 0 saturated carbocycles. The third kappa shape index (κ3) is 6.03. The van der Waals surface area contributed by atoms with Crippen LogP contribution in [0.2, 0.25) is 5.02 Å². The maximum Gasteiger partial charge on any atom is 0.263 e. The highest BCUT2D eigenvalue weighted by Gasteiger charge is 2.26. The largest absolute Gasteiger partial charge is 0.493 e. The number of halogens is 1. The molecule has 1 aliphatic rings. The summed E-state index contributed by atoms with van der Waals surface area (Å²) in [6.45, 7) is 4.86. The van der Waals surface area contributed by atoms with Crippen molar-refractivity contribution in [3.05, 3.63) is 58.1 Å². The van der Waals surface area contributed by atoms with E-state index in [4.69, 9.17) is 38.0 Å². The molecule has 1 saturated heterocycles. The predicted octanol–water partition coefficient (Wildman–Crippen LogP) is 4.23. The molecule has 1 aliphatic heterocycles. The van der Waals surface area contributed by atoms with Gasteiger partial charge in [-0.2, -0.15) is 0 Å². The number of methoxy groups -OCH3 is 1. The van der Waals surface area contributed by atoms with Crippen molar-refractivity contribution in [1.82, 2.24) is 10.6 Å². The molecular weight excluding hydrogens is 464 g/mol. The van der Waals surface area contributed by atoms with Crippen LogP contribution in [0.4, 0.5) is 0 Å². The molecule has 1 fully saturated rings. The number of para-hydroxylation sites is 1. The summed E-state index contributed by atoms with van der Waals surface area (Å²) in [4.78, 5) is 24.1. The SMILES string of the molecule is CC[C@H](C)c1ccccc1OCCOc1c(Cl)cc(C=C2C(=O)NC(=S)NC2=O)cc1OC. The number of rotatable bonds is 9. The van der Waals surface area contributed by atoms with E-state index < -0.39 is 11.8 Å². The Hall–Kier alpha value is -3.10. The minimum Gasteiger partial charge on any atom is -0.493 e. The fourth-order valence-corrected chi connectivity index (χ4v) is 3.73. The number of thiocarbonyl (C=S) groups is 1. The van der Waals surface area contributed by atoms with Crippen LogP contribution >= 0.6 is 23.8 Å². The van der Waals surface area contributed by atoms with Gasteiger partial charge in [0.1, 0.15) is 24.5 Å². The van der Waals surface area contributed by atoms with Crippen molar-refractivity contribution in [2.45, 2.75) is 26.2 Å². The Kier molecular flexibility index (Phi) is 8.30. The fourth-order valence-electron chi connectivity index (χ4n) is 3.27. The molecule has 2 aromatic carbocycles. The van der Waals surface area contributed by atoms with E-state index in [9.17, 15) is 9.59 Å². The average Bonchev–Trinajstić information content (AvgIpc) is 2.79. The highest BCUT2D eigenvalue weighted by molar-refractivity contribution is 7.80. The Morgan fingerprint density at radius 2 is 1.73 bits per heavy atom. The van der Waals surface area contributed by atoms with E-state index in [1.165, 1.54) is 13.2 Å². The summed E-state index contributed by atoms with van der Waals surface area (Å²) >= 11 is 11.2. The van der Waals surface area contributed by atoms with Gasteiger partial charge in [0, 0.05) is 0 Å². The van der Waals surface area contributed by atoms with Crippen LogP contribution in [0, 0.1) is 0 Å². The van der Waals surface area contributed by atoms with E-state index in [0.717, 1.165) is 17.7 Å². The molecule has 2 aromatic rings. The molecular formula is C24H25ClN2O5S. The summed E-state index contributed by atoms with van der Waals surface area (Å²) in [6, 6.07) is 11.2. The first kappa shape index (κ1) is 24.5. The van der Waals surface area contributed by atoms with Crippen LogP contribution in [-0.2, 0) is 9.59 Å². The van der Waals surface area contributed by atoms with Crippen LogP contribution in [0.3, 0.4) is 0 Å². The second-order valence-corrected chi connectivity index (χ2v) is 8.19. The van der Waals surface area contributed by atoms with E-state index in [0.29, 0.717) is 29.6 Å². The highest BCUT2D eigenvalue weighted by atomic mass is 35.5. The van der Waals surface area contributed by atoms with Gasteiger partial charge in [0.15, 0.2) is 16.6 Å². The van der Waals surface area contributed by atoms with Gasteiger partial charge in [-0.1, -0.05) is 43.6 Å². The lowest BCUT2D eigenvalue weighted by Gasteiger charge is -2.18. The molecule has 3 rings (SSSR count). The Morgan fingerprint density at radius 3 is 2.39 bits per heavy atom. The summed E-state index contributed by atoms with van der Waals surface area (Å²) in [5.74, 6) is 0.754. The third-order valence-corrected chi connectivity index (χ3v) is 5.64. The van der Waals surface area contributed by atoms with Crippen LogP contribution in [0.25, 0.3) is 6.08 Å². The molecule has 0 radical (unpaired) electrons. The topological polar surface area (TPSA) is 85.9 Å². The summed E-state index contributed by atoms with van der Waals surface area (Å²) in [5, 5.41) is 5.01. The molecule has 1 atom stereocenters. The van der Waals surface area contributed by atoms with Crippen LogP contribution < -0.4 is 24.8 Å². The number of benzene rings is 2. The van der Waals surface area contributed by atoms with Crippen molar-refractivity contribution >= 4 is 46.8 Å². The minimum atomic E-state index is -0.589. The summed E-state index contributed by atoms with van der Waals surface area (Å²) in [7, 11) is 1.48. The van der Waals surface area contributed by atoms with Crippen molar-refractivity contribution in [2.75, 3.05) is 20.3 Å². The molecule has 33 heavy (non-hydrogen) atoms. The highest BCUT2D eigenvalue weighted by Crippen LogP contribution is 2.37. The molecule has 9 heteroatoms. The van der Waals surface area contributed by atoms with Crippen molar-refractivity contribution in [3.63, 3.8) is 0 Å². The van der Waals surface area contributed by atoms with Crippen LogP contribution in [0.15, 0.2) is 42.0 Å². The number of hydrogen-bond acceptors (Lipinski definition) is 6. The van der Waals surface area contributed by atoms with Crippen molar-refractivity contribution in [3.8, 4) is 17.2 Å². The first-order chi connectivity index (χ1) is 15.8. The lowest BCUT2D eigenvalue weighted by atomic mass is 9.98. The summed E-state index contributed by atoms with van der Waals surface area (Å²) in [6.07, 6.45) is 2.42. The van der Waals surface area contributed by atoms with Gasteiger partial charge in [0.05, 0.1) is 12.1 Å². The number of ether oxygens (including phenoxy) is 3. The molecule has 0 aromatic heterocycles. The molecule has 2 N–H and O–H groups in total. The van der Waals surface area contributed by atoms with Crippen molar-refractivity contribution < 1.29 is 23.8 Å². The number of nitrogens with one attached hydrogen (secondary N) is 2. The number of amides is 2. The average molecular weight is 489 g/mol. The Morgan fingerprint density at radius 1 is 1.06 bits per heavy atom. The van der Waals surface area contributed by atoms with Gasteiger partial charge in [-0.3, -0.25) is 20.2 Å². The van der Waals surface area contributed by atoms with Gasteiger partial charge in [-0.05, 0) is 60.0 Å². The van der Waals surface area contributed by atoms with Gasteiger partial charge in [-0.15, -0.1) is 0 Å². The zero-order valence-corrected chi connectivity index (χ0v) is 20.1. The smallest absolute Gasteiger partial charge is 0.263 e. The van der Waals surface area contributed by atoms with E-state index in [2.05, 4.69) is 30.5 Å². The first-order valence-corrected chi connectivity index (χ1v) is 11.2. The molecule has 1 heterocycles. The zero-order valence-electron chi connectivity index (χ0n) is 18.6. The maximum absolute atomic E-state index is 12.1. The molecule has 0 aliphatic carbocycles. The van der Waals surface area contributed by atoms with E-state index in [-0.39, 0.29) is 22.3 Å². The molecule has 0 unspecified atom stereocenters. The second kappa shape index (κ2) is 11.2.